The Balaban J connectivity index is 1.61. The Labute approximate surface area is 153 Å². The predicted octanol–water partition coefficient (Wildman–Crippen LogP) is 4.24. The fourth-order valence-electron chi connectivity index (χ4n) is 2.11. The summed E-state index contributed by atoms with van der Waals surface area (Å²) < 4.78 is 1.90. The van der Waals surface area contributed by atoms with Crippen LogP contribution >= 0.6 is 34.7 Å². The lowest BCUT2D eigenvalue weighted by Gasteiger charge is -2.05. The quantitative estimate of drug-likeness (QED) is 0.675. The summed E-state index contributed by atoms with van der Waals surface area (Å²) in [5, 5.41) is 14.6. The predicted molar refractivity (Wildman–Crippen MR) is 99.9 cm³/mol. The number of nitrogens with zero attached hydrogens (tertiary/aromatic N) is 3. The molecule has 0 saturated heterocycles. The number of nitrogens with one attached hydrogen (secondary N) is 1. The summed E-state index contributed by atoms with van der Waals surface area (Å²) in [6.45, 7) is 2.06. The number of hydrogen-bond acceptors (Lipinski definition) is 5. The summed E-state index contributed by atoms with van der Waals surface area (Å²) in [5.74, 6) is 0.968. The van der Waals surface area contributed by atoms with E-state index >= 15 is 0 Å². The van der Waals surface area contributed by atoms with Gasteiger partial charge in [0.25, 0.3) is 0 Å². The number of amides is 1. The second kappa shape index (κ2) is 7.38. The van der Waals surface area contributed by atoms with Gasteiger partial charge < -0.3 is 9.88 Å². The van der Waals surface area contributed by atoms with E-state index < -0.39 is 0 Å². The average Bonchev–Trinajstić information content (AvgIpc) is 3.13. The summed E-state index contributed by atoms with van der Waals surface area (Å²) in [7, 11) is 1.90. The molecule has 0 bridgehead atoms. The molecule has 1 aromatic carbocycles. The summed E-state index contributed by atoms with van der Waals surface area (Å²) in [5.41, 5.74) is 1.77. The number of halogens is 1. The Morgan fingerprint density at radius 1 is 1.33 bits per heavy atom. The fraction of sp³-hybridized carbons (Fsp3) is 0.188. The second-order valence-electron chi connectivity index (χ2n) is 5.15. The maximum atomic E-state index is 12.0. The lowest BCUT2D eigenvalue weighted by molar-refractivity contribution is -0.113. The molecule has 1 N–H and O–H groups in total. The van der Waals surface area contributed by atoms with Gasteiger partial charge in [-0.15, -0.1) is 21.5 Å². The first-order valence-corrected chi connectivity index (χ1v) is 9.40. The van der Waals surface area contributed by atoms with Crippen molar-refractivity contribution in [2.45, 2.75) is 12.1 Å². The minimum atomic E-state index is -0.0988. The number of carbonyl (C=O) groups is 1. The van der Waals surface area contributed by atoms with Crippen molar-refractivity contribution in [3.63, 3.8) is 0 Å². The molecule has 0 spiro atoms. The smallest absolute Gasteiger partial charge is 0.234 e. The largest absolute Gasteiger partial charge is 0.325 e. The number of carbonyl (C=O) groups excluding carboxylic acids is 1. The van der Waals surface area contributed by atoms with Crippen LogP contribution in [0.4, 0.5) is 5.69 Å². The zero-order chi connectivity index (χ0) is 17.1. The molecule has 0 atom stereocenters. The minimum absolute atomic E-state index is 0.0988. The zero-order valence-electron chi connectivity index (χ0n) is 13.1. The third kappa shape index (κ3) is 3.98. The van der Waals surface area contributed by atoms with E-state index in [0.717, 1.165) is 17.1 Å². The van der Waals surface area contributed by atoms with Crippen molar-refractivity contribution in [3.05, 3.63) is 45.6 Å². The van der Waals surface area contributed by atoms with E-state index in [9.17, 15) is 4.79 Å². The molecule has 0 radical (unpaired) electrons. The third-order valence-corrected chi connectivity index (χ3v) is 5.42. The Hall–Kier alpha value is -1.83. The molecule has 0 aliphatic carbocycles. The topological polar surface area (TPSA) is 59.8 Å². The first-order chi connectivity index (χ1) is 11.5. The van der Waals surface area contributed by atoms with E-state index in [-0.39, 0.29) is 11.7 Å². The molecule has 3 rings (SSSR count). The van der Waals surface area contributed by atoms with E-state index in [1.807, 2.05) is 11.6 Å². The van der Waals surface area contributed by atoms with Gasteiger partial charge in [0.15, 0.2) is 11.0 Å². The van der Waals surface area contributed by atoms with Crippen molar-refractivity contribution in [1.29, 1.82) is 0 Å². The van der Waals surface area contributed by atoms with E-state index in [2.05, 4.69) is 33.9 Å². The van der Waals surface area contributed by atoms with Crippen LogP contribution in [0.25, 0.3) is 11.4 Å². The average molecular weight is 379 g/mol. The third-order valence-electron chi connectivity index (χ3n) is 3.28. The number of aryl methyl sites for hydroxylation is 1. The Kier molecular flexibility index (Phi) is 5.23. The number of thioether (sulfide) groups is 1. The number of benzene rings is 1. The van der Waals surface area contributed by atoms with Gasteiger partial charge >= 0.3 is 0 Å². The van der Waals surface area contributed by atoms with Gasteiger partial charge in [-0.2, -0.15) is 0 Å². The zero-order valence-corrected chi connectivity index (χ0v) is 15.5. The van der Waals surface area contributed by atoms with Crippen molar-refractivity contribution in [2.75, 3.05) is 11.1 Å². The highest BCUT2D eigenvalue weighted by Gasteiger charge is 2.13. The number of rotatable bonds is 5. The van der Waals surface area contributed by atoms with Crippen LogP contribution in [0.2, 0.25) is 5.02 Å². The Morgan fingerprint density at radius 2 is 2.08 bits per heavy atom. The first-order valence-electron chi connectivity index (χ1n) is 7.16. The van der Waals surface area contributed by atoms with E-state index in [1.165, 1.54) is 16.6 Å². The molecule has 0 unspecified atom stereocenters. The van der Waals surface area contributed by atoms with Gasteiger partial charge in [-0.05, 0) is 37.3 Å². The van der Waals surface area contributed by atoms with E-state index in [1.54, 1.807) is 35.6 Å². The maximum Gasteiger partial charge on any atom is 0.234 e. The van der Waals surface area contributed by atoms with Crippen LogP contribution in [0.5, 0.6) is 0 Å². The van der Waals surface area contributed by atoms with Gasteiger partial charge in [-0.25, -0.2) is 0 Å². The molecule has 0 saturated carbocycles. The molecule has 2 heterocycles. The first kappa shape index (κ1) is 17.0. The van der Waals surface area contributed by atoms with E-state index in [4.69, 9.17) is 11.6 Å². The number of aromatic nitrogens is 3. The molecule has 3 aromatic rings. The molecule has 1 amide bonds. The number of hydrogen-bond donors (Lipinski definition) is 1. The van der Waals surface area contributed by atoms with Gasteiger partial charge in [-0.1, -0.05) is 23.4 Å². The molecule has 0 fully saturated rings. The van der Waals surface area contributed by atoms with Crippen LogP contribution in [-0.2, 0) is 11.8 Å². The van der Waals surface area contributed by atoms with Crippen molar-refractivity contribution >= 4 is 46.3 Å². The van der Waals surface area contributed by atoms with E-state index in [0.29, 0.717) is 10.2 Å². The minimum Gasteiger partial charge on any atom is -0.325 e. The highest BCUT2D eigenvalue weighted by Crippen LogP contribution is 2.26. The molecule has 124 valence electrons. The summed E-state index contributed by atoms with van der Waals surface area (Å²) in [6, 6.07) is 9.09. The van der Waals surface area contributed by atoms with Gasteiger partial charge in [0.05, 0.1) is 5.75 Å². The Morgan fingerprint density at radius 3 is 2.75 bits per heavy atom. The summed E-state index contributed by atoms with van der Waals surface area (Å²) in [4.78, 5) is 13.3. The SMILES string of the molecule is Cc1cc(-c2nnc(SCC(=O)Nc3ccc(Cl)cc3)n2C)cs1. The highest BCUT2D eigenvalue weighted by atomic mass is 35.5. The number of anilines is 1. The molecule has 5 nitrogen and oxygen atoms in total. The lowest BCUT2D eigenvalue weighted by atomic mass is 10.3. The standard InChI is InChI=1S/C16H15ClN4OS2/c1-10-7-11(8-23-10)15-19-20-16(21(15)2)24-9-14(22)18-13-5-3-12(17)4-6-13/h3-8H,9H2,1-2H3,(H,18,22). The maximum absolute atomic E-state index is 12.0. The highest BCUT2D eigenvalue weighted by molar-refractivity contribution is 7.99. The van der Waals surface area contributed by atoms with Gasteiger partial charge in [0, 0.05) is 33.6 Å². The lowest BCUT2D eigenvalue weighted by Crippen LogP contribution is -2.14. The summed E-state index contributed by atoms with van der Waals surface area (Å²) in [6.07, 6.45) is 0. The monoisotopic (exact) mass is 378 g/mol. The van der Waals surface area contributed by atoms with Crippen LogP contribution < -0.4 is 5.32 Å². The second-order valence-corrected chi connectivity index (χ2v) is 7.65. The fourth-order valence-corrected chi connectivity index (χ4v) is 3.63. The molecule has 2 aromatic heterocycles. The van der Waals surface area contributed by atoms with Crippen LogP contribution in [0.15, 0.2) is 40.9 Å². The Bertz CT molecular complexity index is 857. The van der Waals surface area contributed by atoms with Gasteiger partial charge in [-0.3, -0.25) is 4.79 Å². The molecule has 24 heavy (non-hydrogen) atoms. The molecule has 8 heteroatoms. The van der Waals surface area contributed by atoms with Crippen molar-refractivity contribution in [2.24, 2.45) is 7.05 Å². The van der Waals surface area contributed by atoms with Crippen LogP contribution in [0.1, 0.15) is 4.88 Å². The van der Waals surface area contributed by atoms with Crippen molar-refractivity contribution in [3.8, 4) is 11.4 Å². The summed E-state index contributed by atoms with van der Waals surface area (Å²) >= 11 is 8.86. The van der Waals surface area contributed by atoms with Gasteiger partial charge in [0.1, 0.15) is 0 Å². The van der Waals surface area contributed by atoms with Crippen molar-refractivity contribution < 1.29 is 4.79 Å². The molecular weight excluding hydrogens is 364 g/mol. The molecule has 0 aliphatic heterocycles. The molecular formula is C16H15ClN4OS2. The van der Waals surface area contributed by atoms with Gasteiger partial charge in [0.2, 0.25) is 5.91 Å². The number of thiophene rings is 1. The van der Waals surface area contributed by atoms with Crippen LogP contribution in [0, 0.1) is 6.92 Å². The van der Waals surface area contributed by atoms with Crippen molar-refractivity contribution in [1.82, 2.24) is 14.8 Å². The van der Waals surface area contributed by atoms with Crippen LogP contribution in [-0.4, -0.2) is 26.4 Å². The molecule has 0 aliphatic rings. The van der Waals surface area contributed by atoms with Crippen LogP contribution in [0.3, 0.4) is 0 Å². The normalized spacial score (nSPS) is 10.8.